The molecule has 2 atom stereocenters. The quantitative estimate of drug-likeness (QED) is 0.765. The number of carbonyl (C=O) groups is 2. The van der Waals surface area contributed by atoms with Gasteiger partial charge in [0.2, 0.25) is 11.8 Å². The third-order valence-corrected chi connectivity index (χ3v) is 6.50. The fourth-order valence-corrected chi connectivity index (χ4v) is 4.74. The summed E-state index contributed by atoms with van der Waals surface area (Å²) in [4.78, 5) is 49.7. The molecule has 0 aliphatic carbocycles. The summed E-state index contributed by atoms with van der Waals surface area (Å²) < 4.78 is 1.80. The van der Waals surface area contributed by atoms with Crippen LogP contribution in [0, 0.1) is 12.8 Å². The number of likely N-dealkylation sites (tertiary alicyclic amines) is 1. The molecule has 0 saturated carbocycles. The molecule has 32 heavy (non-hydrogen) atoms. The van der Waals surface area contributed by atoms with Gasteiger partial charge in [0.05, 0.1) is 36.4 Å². The highest BCUT2D eigenvalue weighted by Crippen LogP contribution is 2.31. The monoisotopic (exact) mass is 440 g/mol. The van der Waals surface area contributed by atoms with Gasteiger partial charge in [-0.1, -0.05) is 13.8 Å². The molecule has 172 valence electrons. The zero-order valence-electron chi connectivity index (χ0n) is 19.1. The van der Waals surface area contributed by atoms with E-state index < -0.39 is 0 Å². The van der Waals surface area contributed by atoms with Crippen LogP contribution in [0.1, 0.15) is 68.3 Å². The van der Waals surface area contributed by atoms with Crippen molar-refractivity contribution >= 4 is 11.8 Å². The van der Waals surface area contributed by atoms with E-state index in [4.69, 9.17) is 4.98 Å². The average Bonchev–Trinajstić information content (AvgIpc) is 3.21. The highest BCUT2D eigenvalue weighted by Gasteiger charge is 2.33. The Morgan fingerprint density at radius 3 is 2.81 bits per heavy atom. The zero-order valence-corrected chi connectivity index (χ0v) is 19.1. The lowest BCUT2D eigenvalue weighted by atomic mass is 9.98. The van der Waals surface area contributed by atoms with Gasteiger partial charge >= 0.3 is 0 Å². The third kappa shape index (κ3) is 4.47. The molecule has 2 aliphatic heterocycles. The highest BCUT2D eigenvalue weighted by molar-refractivity contribution is 5.79. The topological polar surface area (TPSA) is 104 Å². The van der Waals surface area contributed by atoms with Crippen molar-refractivity contribution < 1.29 is 9.59 Å². The van der Waals surface area contributed by atoms with Crippen LogP contribution in [-0.4, -0.2) is 54.5 Å². The first-order valence-corrected chi connectivity index (χ1v) is 11.6. The van der Waals surface area contributed by atoms with E-state index in [1.54, 1.807) is 9.58 Å². The number of hydrogen-bond acceptors (Lipinski definition) is 5. The van der Waals surface area contributed by atoms with Gasteiger partial charge in [0, 0.05) is 31.3 Å². The molecule has 0 unspecified atom stereocenters. The van der Waals surface area contributed by atoms with Gasteiger partial charge in [-0.2, -0.15) is 5.10 Å². The number of fused-ring (bicyclic) bond motifs is 1. The molecule has 0 radical (unpaired) electrons. The smallest absolute Gasteiger partial charge is 0.254 e. The van der Waals surface area contributed by atoms with Crippen LogP contribution in [0.15, 0.2) is 17.1 Å². The van der Waals surface area contributed by atoms with Gasteiger partial charge in [-0.05, 0) is 38.7 Å². The summed E-state index contributed by atoms with van der Waals surface area (Å²) in [5, 5.41) is 4.40. The maximum absolute atomic E-state index is 13.4. The van der Waals surface area contributed by atoms with Crippen molar-refractivity contribution in [2.75, 3.05) is 13.1 Å². The molecule has 1 saturated heterocycles. The molecular formula is C23H32N6O3. The summed E-state index contributed by atoms with van der Waals surface area (Å²) in [5.74, 6) is 0.411. The Morgan fingerprint density at radius 1 is 1.28 bits per heavy atom. The summed E-state index contributed by atoms with van der Waals surface area (Å²) in [6.07, 6.45) is 5.50. The number of piperidine rings is 1. The van der Waals surface area contributed by atoms with Crippen molar-refractivity contribution in [3.8, 4) is 0 Å². The van der Waals surface area contributed by atoms with Crippen molar-refractivity contribution in [2.24, 2.45) is 5.92 Å². The van der Waals surface area contributed by atoms with E-state index in [-0.39, 0.29) is 29.3 Å². The summed E-state index contributed by atoms with van der Waals surface area (Å²) >= 11 is 0. The van der Waals surface area contributed by atoms with Gasteiger partial charge < -0.3 is 14.8 Å². The van der Waals surface area contributed by atoms with E-state index in [0.717, 1.165) is 25.0 Å². The van der Waals surface area contributed by atoms with Crippen molar-refractivity contribution in [3.63, 3.8) is 0 Å². The van der Waals surface area contributed by atoms with Crippen molar-refractivity contribution in [2.45, 2.75) is 72.0 Å². The van der Waals surface area contributed by atoms with Gasteiger partial charge in [0.25, 0.3) is 5.56 Å². The molecule has 1 fully saturated rings. The molecule has 2 aromatic heterocycles. The van der Waals surface area contributed by atoms with Crippen molar-refractivity contribution in [1.29, 1.82) is 0 Å². The lowest BCUT2D eigenvalue weighted by Gasteiger charge is -2.37. The fourth-order valence-electron chi connectivity index (χ4n) is 4.74. The van der Waals surface area contributed by atoms with E-state index in [1.807, 2.05) is 37.9 Å². The molecule has 0 aromatic carbocycles. The number of amides is 2. The number of aromatic nitrogens is 4. The summed E-state index contributed by atoms with van der Waals surface area (Å²) in [6, 6.07) is 1.67. The Hall–Kier alpha value is -2.97. The molecule has 9 heteroatoms. The Kier molecular flexibility index (Phi) is 6.43. The van der Waals surface area contributed by atoms with E-state index in [0.29, 0.717) is 56.1 Å². The SMILES string of the molecule is CCC(=O)N1CCc2c(nc([C@@H]3CCCCN3C(=O)[C@H](C)Cn3ccc(C)n3)[nH]c2=O)C1. The normalized spacial score (nSPS) is 19.5. The van der Waals surface area contributed by atoms with Crippen LogP contribution < -0.4 is 5.56 Å². The Labute approximate surface area is 187 Å². The van der Waals surface area contributed by atoms with E-state index in [9.17, 15) is 14.4 Å². The lowest BCUT2D eigenvalue weighted by Crippen LogP contribution is -2.44. The molecule has 2 aliphatic rings. The van der Waals surface area contributed by atoms with Crippen LogP contribution >= 0.6 is 0 Å². The first-order chi connectivity index (χ1) is 15.4. The van der Waals surface area contributed by atoms with Crippen LogP contribution in [0.4, 0.5) is 0 Å². The van der Waals surface area contributed by atoms with Crippen LogP contribution in [0.25, 0.3) is 0 Å². The molecule has 2 amide bonds. The number of aromatic amines is 1. The van der Waals surface area contributed by atoms with E-state index >= 15 is 0 Å². The summed E-state index contributed by atoms with van der Waals surface area (Å²) in [6.45, 7) is 7.74. The zero-order chi connectivity index (χ0) is 22.8. The second-order valence-electron chi connectivity index (χ2n) is 8.92. The van der Waals surface area contributed by atoms with E-state index in [1.165, 1.54) is 0 Å². The molecule has 4 rings (SSSR count). The highest BCUT2D eigenvalue weighted by atomic mass is 16.2. The summed E-state index contributed by atoms with van der Waals surface area (Å²) in [7, 11) is 0. The first-order valence-electron chi connectivity index (χ1n) is 11.6. The predicted octanol–water partition coefficient (Wildman–Crippen LogP) is 1.96. The van der Waals surface area contributed by atoms with Crippen LogP contribution in [-0.2, 0) is 29.1 Å². The number of rotatable bonds is 5. The van der Waals surface area contributed by atoms with Gasteiger partial charge in [0.1, 0.15) is 5.82 Å². The molecule has 1 N–H and O–H groups in total. The van der Waals surface area contributed by atoms with Gasteiger partial charge in [0.15, 0.2) is 0 Å². The van der Waals surface area contributed by atoms with E-state index in [2.05, 4.69) is 10.1 Å². The average molecular weight is 441 g/mol. The minimum Gasteiger partial charge on any atom is -0.336 e. The number of nitrogens with one attached hydrogen (secondary N) is 1. The van der Waals surface area contributed by atoms with Crippen LogP contribution in [0.5, 0.6) is 0 Å². The largest absolute Gasteiger partial charge is 0.336 e. The molecule has 0 bridgehead atoms. The standard InChI is InChI=1S/C23H32N6O3/c1-4-20(30)27-11-9-17-18(14-27)24-21(25-22(17)31)19-7-5-6-10-29(19)23(32)15(2)13-28-12-8-16(3)26-28/h8,12,15,19H,4-7,9-11,13-14H2,1-3H3,(H,24,25,31)/t15-,19+/m1/s1. The Morgan fingerprint density at radius 2 is 2.09 bits per heavy atom. The fraction of sp³-hybridized carbons (Fsp3) is 0.609. The molecule has 9 nitrogen and oxygen atoms in total. The van der Waals surface area contributed by atoms with Crippen molar-refractivity contribution in [3.05, 3.63) is 45.4 Å². The van der Waals surface area contributed by atoms with Gasteiger partial charge in [-0.15, -0.1) is 0 Å². The lowest BCUT2D eigenvalue weighted by molar-refractivity contribution is -0.139. The van der Waals surface area contributed by atoms with Crippen molar-refractivity contribution in [1.82, 2.24) is 29.5 Å². The van der Waals surface area contributed by atoms with Gasteiger partial charge in [-0.25, -0.2) is 4.98 Å². The van der Waals surface area contributed by atoms with Crippen LogP contribution in [0.3, 0.4) is 0 Å². The second-order valence-corrected chi connectivity index (χ2v) is 8.92. The van der Waals surface area contributed by atoms with Gasteiger partial charge in [-0.3, -0.25) is 19.1 Å². The molecule has 4 heterocycles. The third-order valence-electron chi connectivity index (χ3n) is 6.50. The number of H-pyrrole nitrogens is 1. The molecule has 0 spiro atoms. The maximum Gasteiger partial charge on any atom is 0.254 e. The predicted molar refractivity (Wildman–Crippen MR) is 119 cm³/mol. The molecular weight excluding hydrogens is 408 g/mol. The Bertz CT molecular complexity index is 1060. The molecule has 2 aromatic rings. The maximum atomic E-state index is 13.4. The first kappa shape index (κ1) is 22.2. The summed E-state index contributed by atoms with van der Waals surface area (Å²) in [5.41, 5.74) is 2.10. The second kappa shape index (κ2) is 9.26. The number of hydrogen-bond donors (Lipinski definition) is 1. The number of nitrogens with zero attached hydrogens (tertiary/aromatic N) is 5. The minimum atomic E-state index is -0.256. The number of carbonyl (C=O) groups excluding carboxylic acids is 2. The minimum absolute atomic E-state index is 0.0472. The Balaban J connectivity index is 1.57. The van der Waals surface area contributed by atoms with Crippen LogP contribution in [0.2, 0.25) is 0 Å². The number of aryl methyl sites for hydroxylation is 1.